The number of piperidine rings is 1. The topological polar surface area (TPSA) is 51.7 Å². The smallest absolute Gasteiger partial charge is 0.410 e. The molecule has 1 aliphatic heterocycles. The first kappa shape index (κ1) is 19.9. The quantitative estimate of drug-likeness (QED) is 0.442. The molecule has 1 aromatic heterocycles. The van der Waals surface area contributed by atoms with E-state index in [1.165, 1.54) is 11.3 Å². The summed E-state index contributed by atoms with van der Waals surface area (Å²) in [5.41, 5.74) is 2.16. The number of hydrogen-bond acceptors (Lipinski definition) is 5. The Morgan fingerprint density at radius 2 is 1.83 bits per heavy atom. The molecule has 5 nitrogen and oxygen atoms in total. The van der Waals surface area contributed by atoms with Gasteiger partial charge in [0.25, 0.3) is 5.19 Å². The maximum atomic E-state index is 12.4. The highest BCUT2D eigenvalue weighted by atomic mass is 79.9. The normalized spacial score (nSPS) is 14.6. The summed E-state index contributed by atoms with van der Waals surface area (Å²) in [4.78, 5) is 18.4. The molecule has 0 aliphatic carbocycles. The minimum absolute atomic E-state index is 0.246. The molecule has 0 radical (unpaired) electrons. The van der Waals surface area contributed by atoms with Crippen LogP contribution in [0.4, 0.5) is 4.79 Å². The van der Waals surface area contributed by atoms with Crippen LogP contribution in [-0.2, 0) is 11.3 Å². The van der Waals surface area contributed by atoms with Crippen molar-refractivity contribution >= 4 is 33.4 Å². The van der Waals surface area contributed by atoms with Crippen molar-refractivity contribution in [2.45, 2.75) is 25.4 Å². The van der Waals surface area contributed by atoms with E-state index in [1.807, 2.05) is 48.5 Å². The fourth-order valence-corrected chi connectivity index (χ4v) is 4.50. The van der Waals surface area contributed by atoms with Gasteiger partial charge in [-0.2, -0.15) is 0 Å². The van der Waals surface area contributed by atoms with Gasteiger partial charge in [0.05, 0.1) is 9.98 Å². The molecule has 1 aliphatic rings. The molecule has 3 aromatic rings. The van der Waals surface area contributed by atoms with Crippen LogP contribution in [0.25, 0.3) is 0 Å². The predicted octanol–water partition coefficient (Wildman–Crippen LogP) is 6.21. The molecule has 29 heavy (non-hydrogen) atoms. The summed E-state index contributed by atoms with van der Waals surface area (Å²) in [5.74, 6) is 1.17. The fourth-order valence-electron chi connectivity index (χ4n) is 3.48. The van der Waals surface area contributed by atoms with Gasteiger partial charge in [-0.15, -0.1) is 0 Å². The van der Waals surface area contributed by atoms with Gasteiger partial charge < -0.3 is 14.4 Å². The van der Waals surface area contributed by atoms with E-state index < -0.39 is 0 Å². The number of likely N-dealkylation sites (tertiary alicyclic amines) is 1. The van der Waals surface area contributed by atoms with Gasteiger partial charge in [-0.3, -0.25) is 0 Å². The Kier molecular flexibility index (Phi) is 6.46. The number of nitrogens with zero attached hydrogens (tertiary/aromatic N) is 2. The number of carbonyl (C=O) groups is 1. The third kappa shape index (κ3) is 5.16. The fraction of sp³-hybridized carbons (Fsp3) is 0.273. The molecule has 1 fully saturated rings. The summed E-state index contributed by atoms with van der Waals surface area (Å²) in [6.07, 6.45) is 3.25. The first-order valence-electron chi connectivity index (χ1n) is 9.53. The number of hydrogen-bond donors (Lipinski definition) is 0. The lowest BCUT2D eigenvalue weighted by molar-refractivity contribution is 0.0869. The van der Waals surface area contributed by atoms with Crippen LogP contribution in [0, 0.1) is 0 Å². The number of amides is 1. The van der Waals surface area contributed by atoms with Gasteiger partial charge >= 0.3 is 6.09 Å². The molecule has 2 aromatic carbocycles. The summed E-state index contributed by atoms with van der Waals surface area (Å²) in [6, 6.07) is 17.8. The molecule has 4 rings (SSSR count). The van der Waals surface area contributed by atoms with Crippen LogP contribution in [0.1, 0.15) is 29.9 Å². The maximum absolute atomic E-state index is 12.4. The zero-order valence-corrected chi connectivity index (χ0v) is 18.2. The van der Waals surface area contributed by atoms with Crippen molar-refractivity contribution in [1.82, 2.24) is 9.88 Å². The van der Waals surface area contributed by atoms with E-state index in [0.29, 0.717) is 30.8 Å². The van der Waals surface area contributed by atoms with E-state index in [9.17, 15) is 4.79 Å². The molecule has 0 unspecified atom stereocenters. The third-order valence-corrected chi connectivity index (χ3v) is 6.32. The largest absolute Gasteiger partial charge is 0.445 e. The Bertz CT molecular complexity index is 955. The molecule has 0 bridgehead atoms. The second kappa shape index (κ2) is 9.41. The monoisotopic (exact) mass is 472 g/mol. The maximum Gasteiger partial charge on any atom is 0.410 e. The number of rotatable bonds is 5. The highest BCUT2D eigenvalue weighted by Crippen LogP contribution is 2.37. The van der Waals surface area contributed by atoms with Crippen LogP contribution >= 0.6 is 27.3 Å². The molecular weight excluding hydrogens is 452 g/mol. The van der Waals surface area contributed by atoms with E-state index >= 15 is 0 Å². The van der Waals surface area contributed by atoms with Crippen molar-refractivity contribution in [3.63, 3.8) is 0 Å². The molecule has 150 valence electrons. The van der Waals surface area contributed by atoms with Crippen LogP contribution in [0.15, 0.2) is 64.6 Å². The number of carbonyl (C=O) groups excluding carboxylic acids is 1. The lowest BCUT2D eigenvalue weighted by Crippen LogP contribution is -2.38. The van der Waals surface area contributed by atoms with Gasteiger partial charge in [0, 0.05) is 13.1 Å². The van der Waals surface area contributed by atoms with Gasteiger partial charge in [0.1, 0.15) is 12.4 Å². The predicted molar refractivity (Wildman–Crippen MR) is 117 cm³/mol. The first-order valence-corrected chi connectivity index (χ1v) is 11.1. The average Bonchev–Trinajstić information content (AvgIpc) is 3.18. The summed E-state index contributed by atoms with van der Waals surface area (Å²) in [6.45, 7) is 1.66. The average molecular weight is 473 g/mol. The minimum Gasteiger partial charge on any atom is -0.445 e. The molecular formula is C22H21BrN2O3S. The molecule has 0 saturated carbocycles. The second-order valence-corrected chi connectivity index (χ2v) is 9.24. The van der Waals surface area contributed by atoms with Crippen molar-refractivity contribution < 1.29 is 14.3 Å². The van der Waals surface area contributed by atoms with Gasteiger partial charge in [-0.05, 0) is 51.9 Å². The summed E-state index contributed by atoms with van der Waals surface area (Å²) >= 11 is 4.87. The Morgan fingerprint density at radius 3 is 2.55 bits per heavy atom. The number of para-hydroxylation sites is 1. The zero-order chi connectivity index (χ0) is 20.1. The minimum atomic E-state index is -0.246. The molecule has 0 spiro atoms. The third-order valence-electron chi connectivity index (χ3n) is 4.97. The number of benzene rings is 2. The van der Waals surface area contributed by atoms with Gasteiger partial charge in [-0.25, -0.2) is 9.78 Å². The lowest BCUT2D eigenvalue weighted by atomic mass is 9.89. The van der Waals surface area contributed by atoms with Crippen molar-refractivity contribution in [1.29, 1.82) is 0 Å². The van der Waals surface area contributed by atoms with Crippen molar-refractivity contribution in [2.75, 3.05) is 13.1 Å². The van der Waals surface area contributed by atoms with Gasteiger partial charge in [-0.1, -0.05) is 59.9 Å². The van der Waals surface area contributed by atoms with Crippen molar-refractivity contribution in [3.8, 4) is 10.9 Å². The first-order chi connectivity index (χ1) is 14.2. The van der Waals surface area contributed by atoms with Gasteiger partial charge in [0.2, 0.25) is 0 Å². The zero-order valence-electron chi connectivity index (χ0n) is 15.8. The second-order valence-electron chi connectivity index (χ2n) is 6.87. The standard InChI is InChI=1S/C22H21BrN2O3S/c23-20-14-24-21(29-20)28-19-9-5-4-8-18(19)17-10-12-25(13-11-17)22(26)27-15-16-6-2-1-3-7-16/h1-9,14,17H,10-13,15H2. The van der Waals surface area contributed by atoms with E-state index in [1.54, 1.807) is 11.1 Å². The van der Waals surface area contributed by atoms with Crippen LogP contribution in [0.5, 0.6) is 10.9 Å². The SMILES string of the molecule is O=C(OCc1ccccc1)N1CCC(c2ccccc2Oc2ncc(Br)s2)CC1. The molecule has 0 atom stereocenters. The number of aromatic nitrogens is 1. The van der Waals surface area contributed by atoms with Crippen molar-refractivity contribution in [3.05, 3.63) is 75.7 Å². The number of ether oxygens (including phenoxy) is 2. The Morgan fingerprint density at radius 1 is 1.10 bits per heavy atom. The lowest BCUT2D eigenvalue weighted by Gasteiger charge is -2.32. The van der Waals surface area contributed by atoms with E-state index in [0.717, 1.165) is 33.5 Å². The summed E-state index contributed by atoms with van der Waals surface area (Å²) < 4.78 is 12.4. The molecule has 0 N–H and O–H groups in total. The highest BCUT2D eigenvalue weighted by Gasteiger charge is 2.26. The van der Waals surface area contributed by atoms with E-state index in [2.05, 4.69) is 27.0 Å². The van der Waals surface area contributed by atoms with Crippen LogP contribution in [0.3, 0.4) is 0 Å². The Hall–Kier alpha value is -2.38. The molecule has 1 saturated heterocycles. The van der Waals surface area contributed by atoms with Crippen molar-refractivity contribution in [2.24, 2.45) is 0 Å². The Labute approximate surface area is 182 Å². The summed E-state index contributed by atoms with van der Waals surface area (Å²) in [5, 5.41) is 0.617. The van der Waals surface area contributed by atoms with E-state index in [-0.39, 0.29) is 6.09 Å². The molecule has 7 heteroatoms. The molecule has 2 heterocycles. The van der Waals surface area contributed by atoms with Gasteiger partial charge in [0.15, 0.2) is 0 Å². The molecule has 1 amide bonds. The highest BCUT2D eigenvalue weighted by molar-refractivity contribution is 9.11. The Balaban J connectivity index is 1.34. The van der Waals surface area contributed by atoms with Crippen LogP contribution in [-0.4, -0.2) is 29.1 Å². The summed E-state index contributed by atoms with van der Waals surface area (Å²) in [7, 11) is 0. The van der Waals surface area contributed by atoms with Crippen LogP contribution < -0.4 is 4.74 Å². The number of thiazole rings is 1. The van der Waals surface area contributed by atoms with E-state index in [4.69, 9.17) is 9.47 Å². The number of halogens is 1. The van der Waals surface area contributed by atoms with Crippen LogP contribution in [0.2, 0.25) is 0 Å².